The molecule has 0 atom stereocenters. The smallest absolute Gasteiger partial charge is 0.416 e. The molecule has 0 radical (unpaired) electrons. The third-order valence-electron chi connectivity index (χ3n) is 4.55. The summed E-state index contributed by atoms with van der Waals surface area (Å²) in [6.07, 6.45) is -1.17. The largest absolute Gasteiger partial charge is 0.457 e. The van der Waals surface area contributed by atoms with Crippen molar-refractivity contribution in [3.8, 4) is 11.5 Å². The fourth-order valence-electron chi connectivity index (χ4n) is 3.10. The van der Waals surface area contributed by atoms with E-state index in [-0.39, 0.29) is 11.6 Å². The van der Waals surface area contributed by atoms with E-state index in [4.69, 9.17) is 9.15 Å². The van der Waals surface area contributed by atoms with Crippen molar-refractivity contribution < 1.29 is 27.1 Å². The second-order valence-corrected chi connectivity index (χ2v) is 6.41. The molecule has 0 unspecified atom stereocenters. The number of amides is 1. The van der Waals surface area contributed by atoms with Crippen molar-refractivity contribution in [2.24, 2.45) is 0 Å². The van der Waals surface area contributed by atoms with Crippen LogP contribution in [0.1, 0.15) is 27.2 Å². The zero-order valence-corrected chi connectivity index (χ0v) is 14.6. The summed E-state index contributed by atoms with van der Waals surface area (Å²) in [7, 11) is 0. The minimum Gasteiger partial charge on any atom is -0.457 e. The summed E-state index contributed by atoms with van der Waals surface area (Å²) in [5.74, 6) is 0.585. The Morgan fingerprint density at radius 1 is 1.07 bits per heavy atom. The van der Waals surface area contributed by atoms with Gasteiger partial charge in [-0.1, -0.05) is 6.07 Å². The van der Waals surface area contributed by atoms with Crippen molar-refractivity contribution in [1.29, 1.82) is 0 Å². The Morgan fingerprint density at radius 2 is 1.82 bits per heavy atom. The number of oxazole rings is 1. The van der Waals surface area contributed by atoms with Crippen molar-refractivity contribution in [2.45, 2.75) is 19.1 Å². The first kappa shape index (κ1) is 18.1. The van der Waals surface area contributed by atoms with E-state index < -0.39 is 11.7 Å². The molecule has 8 heteroatoms. The summed E-state index contributed by atoms with van der Waals surface area (Å²) in [5, 5.41) is 0. The van der Waals surface area contributed by atoms with Crippen LogP contribution in [0.25, 0.3) is 0 Å². The highest BCUT2D eigenvalue weighted by atomic mass is 19.4. The lowest BCUT2D eigenvalue weighted by molar-refractivity contribution is -0.137. The van der Waals surface area contributed by atoms with E-state index in [0.717, 1.165) is 23.3 Å². The summed E-state index contributed by atoms with van der Waals surface area (Å²) in [6.45, 7) is 0.961. The van der Waals surface area contributed by atoms with Gasteiger partial charge >= 0.3 is 6.18 Å². The number of halogens is 3. The summed E-state index contributed by atoms with van der Waals surface area (Å²) in [4.78, 5) is 18.0. The molecular weight excluding hydrogens is 373 g/mol. The average molecular weight is 388 g/mol. The number of nitrogens with zero attached hydrogens (tertiary/aromatic N) is 2. The predicted molar refractivity (Wildman–Crippen MR) is 92.9 cm³/mol. The van der Waals surface area contributed by atoms with Crippen molar-refractivity contribution in [2.75, 3.05) is 6.54 Å². The Balaban J connectivity index is 1.49. The number of benzene rings is 2. The molecule has 0 fully saturated rings. The van der Waals surface area contributed by atoms with Gasteiger partial charge < -0.3 is 14.1 Å². The standard InChI is InChI=1S/C20H15F3N2O3/c21-20(22,23)15-2-5-16(6-3-15)28-17-4-1-13-7-8-25(10-14(13)9-17)19(26)18-11-27-12-24-18/h1-6,9,11-12H,7-8,10H2. The Kier molecular flexibility index (Phi) is 4.54. The lowest BCUT2D eigenvalue weighted by Gasteiger charge is -2.28. The van der Waals surface area contributed by atoms with Crippen LogP contribution in [0.5, 0.6) is 11.5 Å². The van der Waals surface area contributed by atoms with Gasteiger partial charge in [0.05, 0.1) is 5.56 Å². The first-order valence-corrected chi connectivity index (χ1v) is 8.54. The van der Waals surface area contributed by atoms with Crippen LogP contribution in [-0.2, 0) is 19.1 Å². The van der Waals surface area contributed by atoms with Crippen molar-refractivity contribution >= 4 is 5.91 Å². The van der Waals surface area contributed by atoms with Crippen LogP contribution in [0.4, 0.5) is 13.2 Å². The van der Waals surface area contributed by atoms with Crippen molar-refractivity contribution in [3.05, 3.63) is 77.5 Å². The molecule has 2 heterocycles. The van der Waals surface area contributed by atoms with E-state index >= 15 is 0 Å². The topological polar surface area (TPSA) is 55.6 Å². The number of carbonyl (C=O) groups excluding carboxylic acids is 1. The van der Waals surface area contributed by atoms with Gasteiger partial charge in [-0.25, -0.2) is 4.98 Å². The van der Waals surface area contributed by atoms with Gasteiger partial charge in [-0.05, 0) is 53.9 Å². The number of hydrogen-bond donors (Lipinski definition) is 0. The molecule has 0 saturated heterocycles. The molecule has 2 aromatic carbocycles. The number of hydrogen-bond acceptors (Lipinski definition) is 4. The van der Waals surface area contributed by atoms with E-state index in [1.807, 2.05) is 6.07 Å². The minimum atomic E-state index is -4.38. The predicted octanol–water partition coefficient (Wildman–Crippen LogP) is 4.68. The Bertz CT molecular complexity index is 983. The maximum Gasteiger partial charge on any atom is 0.416 e. The maximum absolute atomic E-state index is 12.7. The fourth-order valence-corrected chi connectivity index (χ4v) is 3.10. The second kappa shape index (κ2) is 7.03. The van der Waals surface area contributed by atoms with Gasteiger partial charge in [0.15, 0.2) is 12.1 Å². The van der Waals surface area contributed by atoms with Gasteiger partial charge in [0.1, 0.15) is 17.8 Å². The zero-order chi connectivity index (χ0) is 19.7. The third kappa shape index (κ3) is 3.71. The van der Waals surface area contributed by atoms with Crippen molar-refractivity contribution in [3.63, 3.8) is 0 Å². The molecule has 4 rings (SSSR count). The molecule has 1 amide bonds. The second-order valence-electron chi connectivity index (χ2n) is 6.41. The number of rotatable bonds is 3. The molecule has 0 aliphatic carbocycles. The van der Waals surface area contributed by atoms with E-state index in [2.05, 4.69) is 4.98 Å². The number of aromatic nitrogens is 1. The summed E-state index contributed by atoms with van der Waals surface area (Å²) >= 11 is 0. The Hall–Kier alpha value is -3.29. The molecular formula is C20H15F3N2O3. The van der Waals surface area contributed by atoms with Crippen LogP contribution >= 0.6 is 0 Å². The first-order chi connectivity index (χ1) is 13.4. The highest BCUT2D eigenvalue weighted by Crippen LogP contribution is 2.32. The normalized spacial score (nSPS) is 13.9. The SMILES string of the molecule is O=C(c1cocn1)N1CCc2ccc(Oc3ccc(C(F)(F)F)cc3)cc2C1. The minimum absolute atomic E-state index is 0.214. The molecule has 0 N–H and O–H groups in total. The number of carbonyl (C=O) groups is 1. The average Bonchev–Trinajstić information content (AvgIpc) is 3.21. The van der Waals surface area contributed by atoms with E-state index in [0.29, 0.717) is 31.0 Å². The van der Waals surface area contributed by atoms with Crippen LogP contribution in [0.3, 0.4) is 0 Å². The van der Waals surface area contributed by atoms with Gasteiger partial charge in [0.2, 0.25) is 0 Å². The van der Waals surface area contributed by atoms with Crippen LogP contribution in [0, 0.1) is 0 Å². The van der Waals surface area contributed by atoms with Crippen LogP contribution in [0.2, 0.25) is 0 Å². The molecule has 1 aromatic heterocycles. The highest BCUT2D eigenvalue weighted by Gasteiger charge is 2.30. The molecule has 0 saturated carbocycles. The van der Waals surface area contributed by atoms with Gasteiger partial charge in [0, 0.05) is 13.1 Å². The lowest BCUT2D eigenvalue weighted by Crippen LogP contribution is -2.36. The van der Waals surface area contributed by atoms with E-state index in [9.17, 15) is 18.0 Å². The third-order valence-corrected chi connectivity index (χ3v) is 4.55. The summed E-state index contributed by atoms with van der Waals surface area (Å²) in [6, 6.07) is 10.00. The highest BCUT2D eigenvalue weighted by molar-refractivity contribution is 5.92. The monoisotopic (exact) mass is 388 g/mol. The van der Waals surface area contributed by atoms with Crippen LogP contribution in [0.15, 0.2) is 59.5 Å². The first-order valence-electron chi connectivity index (χ1n) is 8.54. The van der Waals surface area contributed by atoms with Crippen molar-refractivity contribution in [1.82, 2.24) is 9.88 Å². The van der Waals surface area contributed by atoms with Crippen LogP contribution < -0.4 is 4.74 Å². The van der Waals surface area contributed by atoms with Gasteiger partial charge in [-0.3, -0.25) is 4.79 Å². The zero-order valence-electron chi connectivity index (χ0n) is 14.6. The molecule has 1 aliphatic rings. The quantitative estimate of drug-likeness (QED) is 0.654. The molecule has 1 aliphatic heterocycles. The molecule has 0 spiro atoms. The van der Waals surface area contributed by atoms with Crippen LogP contribution in [-0.4, -0.2) is 22.3 Å². The van der Waals surface area contributed by atoms with Gasteiger partial charge in [0.25, 0.3) is 5.91 Å². The summed E-state index contributed by atoms with van der Waals surface area (Å²) < 4.78 is 48.5. The number of ether oxygens (including phenoxy) is 1. The summed E-state index contributed by atoms with van der Waals surface area (Å²) in [5.41, 5.74) is 1.55. The van der Waals surface area contributed by atoms with Gasteiger partial charge in [-0.15, -0.1) is 0 Å². The number of fused-ring (bicyclic) bond motifs is 1. The maximum atomic E-state index is 12.7. The molecule has 3 aromatic rings. The fraction of sp³-hybridized carbons (Fsp3) is 0.200. The van der Waals surface area contributed by atoms with E-state index in [1.54, 1.807) is 17.0 Å². The Morgan fingerprint density at radius 3 is 2.50 bits per heavy atom. The molecule has 0 bridgehead atoms. The van der Waals surface area contributed by atoms with Gasteiger partial charge in [-0.2, -0.15) is 13.2 Å². The Labute approximate surface area is 158 Å². The van der Waals surface area contributed by atoms with E-state index in [1.165, 1.54) is 24.8 Å². The molecule has 28 heavy (non-hydrogen) atoms. The molecule has 5 nitrogen and oxygen atoms in total. The molecule has 144 valence electrons. The number of alkyl halides is 3. The lowest BCUT2D eigenvalue weighted by atomic mass is 9.99.